The maximum absolute atomic E-state index is 13.7. The van der Waals surface area contributed by atoms with E-state index in [2.05, 4.69) is 17.6 Å². The first-order valence-corrected chi connectivity index (χ1v) is 13.9. The van der Waals surface area contributed by atoms with Crippen molar-refractivity contribution < 1.29 is 33.0 Å². The second-order valence-corrected chi connectivity index (χ2v) is 11.8. The minimum Gasteiger partial charge on any atom is -0.506 e. The summed E-state index contributed by atoms with van der Waals surface area (Å²) in [5.41, 5.74) is 2.40. The highest BCUT2D eigenvalue weighted by molar-refractivity contribution is 5.95. The molecule has 3 aliphatic carbocycles. The lowest BCUT2D eigenvalue weighted by molar-refractivity contribution is -0.142. The van der Waals surface area contributed by atoms with E-state index in [-0.39, 0.29) is 35.7 Å². The van der Waals surface area contributed by atoms with Crippen molar-refractivity contribution in [1.82, 2.24) is 24.6 Å². The summed E-state index contributed by atoms with van der Waals surface area (Å²) < 4.78 is 41.2. The van der Waals surface area contributed by atoms with Crippen LogP contribution in [-0.4, -0.2) is 66.2 Å². The van der Waals surface area contributed by atoms with E-state index in [1.807, 2.05) is 12.1 Å². The summed E-state index contributed by atoms with van der Waals surface area (Å²) in [6.07, 6.45) is 1.36. The van der Waals surface area contributed by atoms with Gasteiger partial charge in [0.15, 0.2) is 5.69 Å². The van der Waals surface area contributed by atoms with E-state index in [4.69, 9.17) is 5.10 Å². The van der Waals surface area contributed by atoms with Crippen molar-refractivity contribution in [3.63, 3.8) is 0 Å². The van der Waals surface area contributed by atoms with E-state index in [9.17, 15) is 33.0 Å². The molecule has 2 aliphatic heterocycles. The van der Waals surface area contributed by atoms with Crippen LogP contribution in [-0.2, 0) is 29.2 Å². The summed E-state index contributed by atoms with van der Waals surface area (Å²) >= 11 is 0. The van der Waals surface area contributed by atoms with Gasteiger partial charge in [0.1, 0.15) is 17.2 Å². The van der Waals surface area contributed by atoms with Crippen LogP contribution in [0.1, 0.15) is 63.9 Å². The second-order valence-electron chi connectivity index (χ2n) is 11.8. The Morgan fingerprint density at radius 1 is 1.07 bits per heavy atom. The van der Waals surface area contributed by atoms with Crippen LogP contribution in [0.3, 0.4) is 0 Å². The summed E-state index contributed by atoms with van der Waals surface area (Å²) in [5, 5.41) is 26.0. The number of alkyl halides is 3. The molecule has 2 aromatic heterocycles. The molecule has 0 radical (unpaired) electrons. The van der Waals surface area contributed by atoms with Gasteiger partial charge in [-0.25, -0.2) is 9.67 Å². The third-order valence-corrected chi connectivity index (χ3v) is 9.39. The van der Waals surface area contributed by atoms with E-state index < -0.39 is 29.6 Å². The van der Waals surface area contributed by atoms with Crippen LogP contribution in [0, 0.1) is 5.92 Å². The topological polar surface area (TPSA) is 112 Å². The maximum Gasteiger partial charge on any atom is 0.437 e. The number of hydrogen-bond acceptors (Lipinski definition) is 6. The monoisotopic (exact) mass is 579 g/mol. The average Bonchev–Trinajstić information content (AvgIpc) is 3.14. The molecule has 3 aromatic rings. The van der Waals surface area contributed by atoms with E-state index in [1.54, 1.807) is 9.58 Å². The summed E-state index contributed by atoms with van der Waals surface area (Å²) in [7, 11) is 0. The molecule has 8 rings (SSSR count). The highest BCUT2D eigenvalue weighted by atomic mass is 19.4. The normalized spacial score (nSPS) is 24.3. The summed E-state index contributed by atoms with van der Waals surface area (Å²) in [4.78, 5) is 32.7. The zero-order chi connectivity index (χ0) is 29.6. The van der Waals surface area contributed by atoms with Gasteiger partial charge >= 0.3 is 6.18 Å². The largest absolute Gasteiger partial charge is 0.506 e. The van der Waals surface area contributed by atoms with Gasteiger partial charge in [-0.3, -0.25) is 9.59 Å². The lowest BCUT2D eigenvalue weighted by Gasteiger charge is -2.62. The molecule has 2 amide bonds. The molecular formula is C30H28F3N5O4. The number of benzene rings is 1. The van der Waals surface area contributed by atoms with Crippen LogP contribution >= 0.6 is 0 Å². The Bertz CT molecular complexity index is 1650. The number of carbonyl (C=O) groups excluding carboxylic acids is 2. The number of aromatic nitrogens is 3. The van der Waals surface area contributed by atoms with E-state index >= 15 is 0 Å². The fourth-order valence-corrected chi connectivity index (χ4v) is 7.18. The number of halogens is 3. The van der Waals surface area contributed by atoms with Gasteiger partial charge < -0.3 is 20.0 Å². The first-order chi connectivity index (χ1) is 20.0. The van der Waals surface area contributed by atoms with Crippen LogP contribution in [0.5, 0.6) is 11.5 Å². The van der Waals surface area contributed by atoms with Crippen LogP contribution in [0.4, 0.5) is 13.2 Å². The number of pyridine rings is 1. The van der Waals surface area contributed by atoms with Crippen LogP contribution in [0.25, 0.3) is 5.69 Å². The SMILES string of the molecule is C=CC(=O)N1CCc2nn(-c3ccc(C45CC(C4)C5)cc3O)c3c2[C@H](C1)N(C(=O)c1cnc(C(F)(F)F)c(O)c1)CC3. The number of phenolic OH excluding ortho intramolecular Hbond substituents is 1. The van der Waals surface area contributed by atoms with E-state index in [0.717, 1.165) is 54.3 Å². The molecule has 42 heavy (non-hydrogen) atoms. The number of amides is 2. The van der Waals surface area contributed by atoms with Gasteiger partial charge in [-0.2, -0.15) is 18.3 Å². The van der Waals surface area contributed by atoms with Gasteiger partial charge in [-0.15, -0.1) is 0 Å². The Morgan fingerprint density at radius 3 is 2.45 bits per heavy atom. The molecule has 4 heterocycles. The number of carbonyl (C=O) groups is 2. The van der Waals surface area contributed by atoms with Gasteiger partial charge in [0, 0.05) is 44.2 Å². The molecule has 0 unspecified atom stereocenters. The second kappa shape index (κ2) is 9.07. The molecule has 1 aromatic carbocycles. The van der Waals surface area contributed by atoms with E-state index in [1.165, 1.54) is 11.0 Å². The lowest BCUT2D eigenvalue weighted by Crippen LogP contribution is -2.55. The molecule has 1 atom stereocenters. The van der Waals surface area contributed by atoms with Crippen molar-refractivity contribution in [2.24, 2.45) is 5.92 Å². The zero-order valence-corrected chi connectivity index (χ0v) is 22.6. The van der Waals surface area contributed by atoms with Crippen molar-refractivity contribution in [2.75, 3.05) is 19.6 Å². The summed E-state index contributed by atoms with van der Waals surface area (Å²) in [6.45, 7) is 4.19. The van der Waals surface area contributed by atoms with Crippen molar-refractivity contribution in [1.29, 1.82) is 0 Å². The number of hydrogen-bond donors (Lipinski definition) is 2. The Labute approximate surface area is 238 Å². The standard InChI is InChI=1S/C30H28F3N5O4/c1-2-25(41)36-7-5-19-26-21(38(35-19)20-4-3-18(10-23(20)39)29-11-16(12-29)13-29)6-8-37(22(26)15-36)28(42)17-9-24(40)27(34-14-17)30(31,32)33/h2-4,9-10,14,16,22,39-40H,1,5-8,11-13,15H2/t16?,22-,29?/m0/s1. The fraction of sp³-hybridized carbons (Fsp3) is 0.400. The van der Waals surface area contributed by atoms with Gasteiger partial charge in [0.25, 0.3) is 5.91 Å². The smallest absolute Gasteiger partial charge is 0.437 e. The van der Waals surface area contributed by atoms with E-state index in [0.29, 0.717) is 30.8 Å². The van der Waals surface area contributed by atoms with Crippen LogP contribution in [0.2, 0.25) is 0 Å². The molecule has 0 saturated heterocycles. The molecule has 9 nitrogen and oxygen atoms in total. The van der Waals surface area contributed by atoms with Crippen molar-refractivity contribution >= 4 is 11.8 Å². The molecule has 218 valence electrons. The number of nitrogens with zero attached hydrogens (tertiary/aromatic N) is 5. The minimum atomic E-state index is -4.87. The number of phenols is 1. The molecule has 2 bridgehead atoms. The Hall–Kier alpha value is -4.35. The molecule has 3 saturated carbocycles. The molecule has 2 N–H and O–H groups in total. The Morgan fingerprint density at radius 2 is 1.83 bits per heavy atom. The zero-order valence-electron chi connectivity index (χ0n) is 22.6. The Kier molecular flexibility index (Phi) is 5.73. The van der Waals surface area contributed by atoms with Crippen molar-refractivity contribution in [3.8, 4) is 17.2 Å². The fourth-order valence-electron chi connectivity index (χ4n) is 7.18. The van der Waals surface area contributed by atoms with Gasteiger partial charge in [-0.05, 0) is 60.4 Å². The number of aromatic hydroxyl groups is 2. The van der Waals surface area contributed by atoms with Crippen LogP contribution in [0.15, 0.2) is 43.1 Å². The maximum atomic E-state index is 13.7. The van der Waals surface area contributed by atoms with Crippen LogP contribution < -0.4 is 0 Å². The predicted molar refractivity (Wildman–Crippen MR) is 143 cm³/mol. The first-order valence-electron chi connectivity index (χ1n) is 13.9. The third-order valence-electron chi connectivity index (χ3n) is 9.39. The third kappa shape index (κ3) is 3.91. The predicted octanol–water partition coefficient (Wildman–Crippen LogP) is 4.06. The molecule has 3 fully saturated rings. The molecule has 0 spiro atoms. The molecule has 12 heteroatoms. The quantitative estimate of drug-likeness (QED) is 0.451. The van der Waals surface area contributed by atoms with Crippen molar-refractivity contribution in [2.45, 2.75) is 49.7 Å². The highest BCUT2D eigenvalue weighted by Gasteiger charge is 2.57. The molecule has 5 aliphatic rings. The Balaban J connectivity index is 1.27. The number of rotatable bonds is 4. The summed E-state index contributed by atoms with van der Waals surface area (Å²) in [5.74, 6) is -1.16. The van der Waals surface area contributed by atoms with Crippen molar-refractivity contribution in [3.05, 3.63) is 76.9 Å². The average molecular weight is 580 g/mol. The van der Waals surface area contributed by atoms with Gasteiger partial charge in [0.2, 0.25) is 5.91 Å². The lowest BCUT2D eigenvalue weighted by atomic mass is 9.42. The first kappa shape index (κ1) is 26.5. The minimum absolute atomic E-state index is 0.121. The van der Waals surface area contributed by atoms with Gasteiger partial charge in [0.05, 0.1) is 23.0 Å². The van der Waals surface area contributed by atoms with Gasteiger partial charge in [-0.1, -0.05) is 12.6 Å². The molecular weight excluding hydrogens is 551 g/mol. The highest BCUT2D eigenvalue weighted by Crippen LogP contribution is 2.65. The summed E-state index contributed by atoms with van der Waals surface area (Å²) in [6, 6.07) is 5.87.